The molecule has 2 aromatic rings. The van der Waals surface area contributed by atoms with Gasteiger partial charge >= 0.3 is 0 Å². The Balaban J connectivity index is 1.86. The third-order valence-electron chi connectivity index (χ3n) is 4.19. The van der Waals surface area contributed by atoms with Crippen LogP contribution in [-0.2, 0) is 11.8 Å². The first-order valence-corrected chi connectivity index (χ1v) is 8.03. The molecular formula is C16H22N6O2. The maximum absolute atomic E-state index is 12.9. The van der Waals surface area contributed by atoms with Crippen molar-refractivity contribution in [2.24, 2.45) is 12.8 Å². The molecule has 2 heterocycles. The minimum absolute atomic E-state index is 0.0159. The molecule has 1 saturated heterocycles. The normalized spacial score (nSPS) is 20.8. The Morgan fingerprint density at radius 1 is 1.38 bits per heavy atom. The van der Waals surface area contributed by atoms with E-state index in [1.807, 2.05) is 19.9 Å². The Hall–Kier alpha value is -2.48. The van der Waals surface area contributed by atoms with E-state index in [-0.39, 0.29) is 23.9 Å². The monoisotopic (exact) mass is 330 g/mol. The number of benzene rings is 1. The average Bonchev–Trinajstić information content (AvgIpc) is 3.09. The molecule has 0 saturated carbocycles. The fourth-order valence-corrected chi connectivity index (χ4v) is 3.06. The Bertz CT molecular complexity index is 784. The number of nitrogens with zero attached hydrogens (tertiary/aromatic N) is 4. The summed E-state index contributed by atoms with van der Waals surface area (Å²) < 4.78 is 1.65. The van der Waals surface area contributed by atoms with Crippen molar-refractivity contribution in [1.82, 2.24) is 25.2 Å². The van der Waals surface area contributed by atoms with Crippen LogP contribution in [0.1, 0.15) is 30.6 Å². The highest BCUT2D eigenvalue weighted by Gasteiger charge is 2.38. The van der Waals surface area contributed by atoms with Gasteiger partial charge in [0.25, 0.3) is 5.91 Å². The van der Waals surface area contributed by atoms with Crippen LogP contribution in [0.2, 0.25) is 0 Å². The van der Waals surface area contributed by atoms with Gasteiger partial charge < -0.3 is 16.0 Å². The third kappa shape index (κ3) is 2.96. The molecule has 1 aliphatic heterocycles. The fourth-order valence-electron chi connectivity index (χ4n) is 3.06. The average molecular weight is 330 g/mol. The number of rotatable bonds is 3. The number of fused-ring (bicyclic) bond motifs is 1. The summed E-state index contributed by atoms with van der Waals surface area (Å²) in [6, 6.07) is 4.52. The van der Waals surface area contributed by atoms with Gasteiger partial charge in [0.05, 0.1) is 5.52 Å². The minimum Gasteiger partial charge on any atom is -0.352 e. The lowest BCUT2D eigenvalue weighted by Crippen LogP contribution is -2.47. The van der Waals surface area contributed by atoms with Crippen molar-refractivity contribution >= 4 is 22.8 Å². The van der Waals surface area contributed by atoms with Gasteiger partial charge in [0.2, 0.25) is 5.91 Å². The van der Waals surface area contributed by atoms with Crippen LogP contribution in [0.5, 0.6) is 0 Å². The first-order valence-electron chi connectivity index (χ1n) is 8.03. The quantitative estimate of drug-likeness (QED) is 0.826. The predicted octanol–water partition coefficient (Wildman–Crippen LogP) is 0.0347. The van der Waals surface area contributed by atoms with Crippen molar-refractivity contribution in [2.75, 3.05) is 6.54 Å². The Morgan fingerprint density at radius 2 is 2.12 bits per heavy atom. The maximum Gasteiger partial charge on any atom is 0.254 e. The zero-order chi connectivity index (χ0) is 17.4. The van der Waals surface area contributed by atoms with Crippen LogP contribution in [0.3, 0.4) is 0 Å². The minimum atomic E-state index is -0.535. The first-order chi connectivity index (χ1) is 11.4. The molecule has 0 radical (unpaired) electrons. The number of aryl methyl sites for hydroxylation is 1. The molecule has 3 N–H and O–H groups in total. The largest absolute Gasteiger partial charge is 0.352 e. The summed E-state index contributed by atoms with van der Waals surface area (Å²) in [4.78, 5) is 26.8. The number of carbonyl (C=O) groups excluding carboxylic acids is 2. The summed E-state index contributed by atoms with van der Waals surface area (Å²) in [5.74, 6) is -0.369. The Morgan fingerprint density at radius 3 is 2.83 bits per heavy atom. The second-order valence-electron chi connectivity index (χ2n) is 6.55. The Labute approximate surface area is 140 Å². The zero-order valence-corrected chi connectivity index (χ0v) is 14.1. The molecule has 0 spiro atoms. The lowest BCUT2D eigenvalue weighted by atomic mass is 10.1. The SMILES string of the molecule is CC(C)NC(=O)[C@@H]1C[C@H](N)CN1C(=O)c1ccc2c(c1)nnn2C. The highest BCUT2D eigenvalue weighted by molar-refractivity contribution is 6.00. The van der Waals surface area contributed by atoms with E-state index in [4.69, 9.17) is 5.73 Å². The molecular weight excluding hydrogens is 308 g/mol. The van der Waals surface area contributed by atoms with Crippen molar-refractivity contribution in [1.29, 1.82) is 0 Å². The Kier molecular flexibility index (Phi) is 4.23. The lowest BCUT2D eigenvalue weighted by Gasteiger charge is -2.24. The van der Waals surface area contributed by atoms with Gasteiger partial charge in [-0.3, -0.25) is 9.59 Å². The van der Waals surface area contributed by atoms with Crippen LogP contribution in [0, 0.1) is 0 Å². The number of likely N-dealkylation sites (tertiary alicyclic amines) is 1. The van der Waals surface area contributed by atoms with E-state index in [2.05, 4.69) is 15.6 Å². The predicted molar refractivity (Wildman–Crippen MR) is 89.2 cm³/mol. The molecule has 8 heteroatoms. The van der Waals surface area contributed by atoms with Crippen LogP contribution in [-0.4, -0.2) is 56.4 Å². The van der Waals surface area contributed by atoms with Gasteiger partial charge in [0.15, 0.2) is 0 Å². The molecule has 8 nitrogen and oxygen atoms in total. The van der Waals surface area contributed by atoms with E-state index in [1.54, 1.807) is 28.8 Å². The smallest absolute Gasteiger partial charge is 0.254 e. The number of nitrogens with two attached hydrogens (primary N) is 1. The van der Waals surface area contributed by atoms with E-state index in [1.165, 1.54) is 0 Å². The topological polar surface area (TPSA) is 106 Å². The fraction of sp³-hybridized carbons (Fsp3) is 0.500. The van der Waals surface area contributed by atoms with Gasteiger partial charge in [-0.25, -0.2) is 4.68 Å². The van der Waals surface area contributed by atoms with E-state index in [0.29, 0.717) is 24.0 Å². The summed E-state index contributed by atoms with van der Waals surface area (Å²) in [7, 11) is 1.79. The van der Waals surface area contributed by atoms with Gasteiger partial charge in [-0.05, 0) is 38.5 Å². The van der Waals surface area contributed by atoms with Crippen LogP contribution >= 0.6 is 0 Å². The van der Waals surface area contributed by atoms with Gasteiger partial charge in [0, 0.05) is 31.2 Å². The van der Waals surface area contributed by atoms with Crippen molar-refractivity contribution in [2.45, 2.75) is 38.4 Å². The standard InChI is InChI=1S/C16H22N6O2/c1-9(2)18-15(23)14-7-11(17)8-22(14)16(24)10-4-5-13-12(6-10)19-20-21(13)3/h4-6,9,11,14H,7-8,17H2,1-3H3,(H,18,23)/t11-,14-/m0/s1. The van der Waals surface area contributed by atoms with Gasteiger partial charge in [0.1, 0.15) is 11.6 Å². The number of hydrogen-bond acceptors (Lipinski definition) is 5. The second-order valence-corrected chi connectivity index (χ2v) is 6.55. The first kappa shape index (κ1) is 16.4. The van der Waals surface area contributed by atoms with Gasteiger partial charge in [-0.1, -0.05) is 5.21 Å². The number of carbonyl (C=O) groups is 2. The molecule has 1 fully saturated rings. The van der Waals surface area contributed by atoms with Crippen LogP contribution in [0.4, 0.5) is 0 Å². The summed E-state index contributed by atoms with van der Waals surface area (Å²) in [6.45, 7) is 4.15. The molecule has 0 bridgehead atoms. The molecule has 1 aromatic carbocycles. The number of amides is 2. The van der Waals surface area contributed by atoms with Crippen LogP contribution in [0.25, 0.3) is 11.0 Å². The number of nitrogens with one attached hydrogen (secondary N) is 1. The molecule has 0 unspecified atom stereocenters. The molecule has 2 amide bonds. The summed E-state index contributed by atoms with van der Waals surface area (Å²) in [5, 5.41) is 10.8. The van der Waals surface area contributed by atoms with Crippen molar-refractivity contribution in [3.05, 3.63) is 23.8 Å². The summed E-state index contributed by atoms with van der Waals surface area (Å²) >= 11 is 0. The molecule has 0 aliphatic carbocycles. The number of hydrogen-bond donors (Lipinski definition) is 2. The van der Waals surface area contributed by atoms with Crippen molar-refractivity contribution in [3.8, 4) is 0 Å². The van der Waals surface area contributed by atoms with E-state index < -0.39 is 6.04 Å². The number of aromatic nitrogens is 3. The van der Waals surface area contributed by atoms with Crippen LogP contribution in [0.15, 0.2) is 18.2 Å². The highest BCUT2D eigenvalue weighted by atomic mass is 16.2. The van der Waals surface area contributed by atoms with E-state index in [9.17, 15) is 9.59 Å². The molecule has 1 aromatic heterocycles. The highest BCUT2D eigenvalue weighted by Crippen LogP contribution is 2.22. The lowest BCUT2D eigenvalue weighted by molar-refractivity contribution is -0.125. The van der Waals surface area contributed by atoms with Crippen molar-refractivity contribution < 1.29 is 9.59 Å². The van der Waals surface area contributed by atoms with Crippen molar-refractivity contribution in [3.63, 3.8) is 0 Å². The summed E-state index contributed by atoms with van der Waals surface area (Å²) in [5.41, 5.74) is 7.97. The van der Waals surface area contributed by atoms with Gasteiger partial charge in [-0.2, -0.15) is 0 Å². The second kappa shape index (κ2) is 6.20. The molecule has 3 rings (SSSR count). The van der Waals surface area contributed by atoms with E-state index >= 15 is 0 Å². The molecule has 24 heavy (non-hydrogen) atoms. The maximum atomic E-state index is 12.9. The van der Waals surface area contributed by atoms with E-state index in [0.717, 1.165) is 5.52 Å². The summed E-state index contributed by atoms with van der Waals surface area (Å²) in [6.07, 6.45) is 0.470. The zero-order valence-electron chi connectivity index (χ0n) is 14.1. The third-order valence-corrected chi connectivity index (χ3v) is 4.19. The molecule has 2 atom stereocenters. The van der Waals surface area contributed by atoms with Crippen LogP contribution < -0.4 is 11.1 Å². The van der Waals surface area contributed by atoms with Gasteiger partial charge in [-0.15, -0.1) is 5.10 Å². The molecule has 128 valence electrons. The molecule has 1 aliphatic rings.